The number of ether oxygens (including phenoxy) is 1. The predicted octanol–water partition coefficient (Wildman–Crippen LogP) is 4.40. The van der Waals surface area contributed by atoms with Crippen LogP contribution in [0.2, 0.25) is 0 Å². The molecule has 0 amide bonds. The van der Waals surface area contributed by atoms with Gasteiger partial charge in [0.25, 0.3) is 0 Å². The van der Waals surface area contributed by atoms with Crippen LogP contribution in [-0.4, -0.2) is 9.55 Å². The lowest BCUT2D eigenvalue weighted by Crippen LogP contribution is -2.06. The summed E-state index contributed by atoms with van der Waals surface area (Å²) in [6.07, 6.45) is 5.51. The van der Waals surface area contributed by atoms with Crippen LogP contribution in [0.1, 0.15) is 5.82 Å². The van der Waals surface area contributed by atoms with Crippen molar-refractivity contribution < 1.29 is 4.74 Å². The Bertz CT molecular complexity index is 1060. The second-order valence-electron chi connectivity index (χ2n) is 5.60. The summed E-state index contributed by atoms with van der Waals surface area (Å²) in [6.45, 7) is 0.867. The van der Waals surface area contributed by atoms with Crippen LogP contribution >= 0.6 is 0 Å². The third-order valence-corrected chi connectivity index (χ3v) is 4.07. The number of nitrogens with zero attached hydrogens (tertiary/aromatic N) is 2. The number of para-hydroxylation sites is 2. The number of hydrogen-bond acceptors (Lipinski definition) is 2. The largest absolute Gasteiger partial charge is 0.486 e. The SMILES string of the molecule is C#CCn1c(COc2ccc3ccccc3c2)nc2ccccc21. The number of imidazole rings is 1. The molecule has 0 atom stereocenters. The van der Waals surface area contributed by atoms with Gasteiger partial charge in [-0.15, -0.1) is 6.42 Å². The van der Waals surface area contributed by atoms with Crippen molar-refractivity contribution in [2.24, 2.45) is 0 Å². The predicted molar refractivity (Wildman–Crippen MR) is 96.8 cm³/mol. The Morgan fingerprint density at radius 2 is 1.75 bits per heavy atom. The minimum Gasteiger partial charge on any atom is -0.486 e. The Morgan fingerprint density at radius 3 is 2.62 bits per heavy atom. The van der Waals surface area contributed by atoms with E-state index in [9.17, 15) is 0 Å². The van der Waals surface area contributed by atoms with Crippen LogP contribution < -0.4 is 4.74 Å². The summed E-state index contributed by atoms with van der Waals surface area (Å²) in [4.78, 5) is 4.65. The topological polar surface area (TPSA) is 27.1 Å². The van der Waals surface area contributed by atoms with Crippen molar-refractivity contribution in [2.75, 3.05) is 0 Å². The van der Waals surface area contributed by atoms with Gasteiger partial charge in [0, 0.05) is 0 Å². The molecular weight excluding hydrogens is 296 g/mol. The van der Waals surface area contributed by atoms with Gasteiger partial charge in [-0.05, 0) is 35.0 Å². The van der Waals surface area contributed by atoms with Crippen LogP contribution in [0.4, 0.5) is 0 Å². The van der Waals surface area contributed by atoms with Crippen LogP contribution in [0.5, 0.6) is 5.75 Å². The van der Waals surface area contributed by atoms with Crippen molar-refractivity contribution >= 4 is 21.8 Å². The molecule has 24 heavy (non-hydrogen) atoms. The Kier molecular flexibility index (Phi) is 3.64. The molecule has 0 aliphatic rings. The zero-order valence-electron chi connectivity index (χ0n) is 13.1. The van der Waals surface area contributed by atoms with E-state index in [0.29, 0.717) is 13.2 Å². The Labute approximate surface area is 140 Å². The Morgan fingerprint density at radius 1 is 0.958 bits per heavy atom. The van der Waals surface area contributed by atoms with E-state index in [2.05, 4.69) is 29.1 Å². The van der Waals surface area contributed by atoms with E-state index in [-0.39, 0.29) is 0 Å². The van der Waals surface area contributed by atoms with Crippen molar-refractivity contribution in [3.63, 3.8) is 0 Å². The average Bonchev–Trinajstić information content (AvgIpc) is 2.98. The van der Waals surface area contributed by atoms with Crippen molar-refractivity contribution in [1.29, 1.82) is 0 Å². The van der Waals surface area contributed by atoms with Crippen molar-refractivity contribution in [3.05, 3.63) is 72.6 Å². The van der Waals surface area contributed by atoms with Gasteiger partial charge in [-0.2, -0.15) is 0 Å². The summed E-state index contributed by atoms with van der Waals surface area (Å²) in [5, 5.41) is 2.36. The zero-order valence-corrected chi connectivity index (χ0v) is 13.1. The van der Waals surface area contributed by atoms with Gasteiger partial charge in [-0.3, -0.25) is 0 Å². The van der Waals surface area contributed by atoms with Gasteiger partial charge in [-0.25, -0.2) is 4.98 Å². The molecule has 0 spiro atoms. The van der Waals surface area contributed by atoms with E-state index in [1.54, 1.807) is 0 Å². The first-order chi connectivity index (χ1) is 11.8. The first-order valence-corrected chi connectivity index (χ1v) is 7.84. The van der Waals surface area contributed by atoms with Gasteiger partial charge in [-0.1, -0.05) is 48.4 Å². The van der Waals surface area contributed by atoms with E-state index in [1.165, 1.54) is 5.39 Å². The maximum absolute atomic E-state index is 5.96. The second kappa shape index (κ2) is 6.10. The molecular formula is C21H16N2O. The molecule has 3 nitrogen and oxygen atoms in total. The Hall–Kier alpha value is -3.25. The maximum Gasteiger partial charge on any atom is 0.148 e. The number of hydrogen-bond donors (Lipinski definition) is 0. The summed E-state index contributed by atoms with van der Waals surface area (Å²) < 4.78 is 7.99. The molecule has 0 fully saturated rings. The molecule has 3 aromatic carbocycles. The van der Waals surface area contributed by atoms with Crippen LogP contribution in [0.3, 0.4) is 0 Å². The van der Waals surface area contributed by atoms with Gasteiger partial charge in [0.2, 0.25) is 0 Å². The molecule has 1 heterocycles. The quantitative estimate of drug-likeness (QED) is 0.522. The first kappa shape index (κ1) is 14.3. The van der Waals surface area contributed by atoms with E-state index in [0.717, 1.165) is 28.0 Å². The van der Waals surface area contributed by atoms with Gasteiger partial charge in [0.15, 0.2) is 0 Å². The van der Waals surface area contributed by atoms with Crippen molar-refractivity contribution in [2.45, 2.75) is 13.2 Å². The zero-order chi connectivity index (χ0) is 16.4. The highest BCUT2D eigenvalue weighted by atomic mass is 16.5. The molecule has 0 bridgehead atoms. The molecule has 0 aliphatic carbocycles. The van der Waals surface area contributed by atoms with E-state index in [1.807, 2.05) is 53.1 Å². The lowest BCUT2D eigenvalue weighted by atomic mass is 10.1. The summed E-state index contributed by atoms with van der Waals surface area (Å²) in [5.41, 5.74) is 1.97. The Balaban J connectivity index is 1.64. The van der Waals surface area contributed by atoms with E-state index in [4.69, 9.17) is 11.2 Å². The summed E-state index contributed by atoms with van der Waals surface area (Å²) >= 11 is 0. The summed E-state index contributed by atoms with van der Waals surface area (Å²) in [5.74, 6) is 4.35. The molecule has 3 heteroatoms. The minimum absolute atomic E-state index is 0.384. The van der Waals surface area contributed by atoms with E-state index >= 15 is 0 Å². The van der Waals surface area contributed by atoms with Crippen LogP contribution in [0.15, 0.2) is 66.7 Å². The lowest BCUT2D eigenvalue weighted by Gasteiger charge is -2.09. The number of benzene rings is 3. The molecule has 0 saturated heterocycles. The molecule has 1 aromatic heterocycles. The minimum atomic E-state index is 0.384. The summed E-state index contributed by atoms with van der Waals surface area (Å²) in [7, 11) is 0. The van der Waals surface area contributed by atoms with Gasteiger partial charge < -0.3 is 9.30 Å². The molecule has 0 radical (unpaired) electrons. The van der Waals surface area contributed by atoms with Gasteiger partial charge in [0.05, 0.1) is 17.6 Å². The lowest BCUT2D eigenvalue weighted by molar-refractivity contribution is 0.292. The van der Waals surface area contributed by atoms with Gasteiger partial charge >= 0.3 is 0 Å². The summed E-state index contributed by atoms with van der Waals surface area (Å²) in [6, 6.07) is 22.3. The smallest absolute Gasteiger partial charge is 0.148 e. The van der Waals surface area contributed by atoms with Gasteiger partial charge in [0.1, 0.15) is 18.2 Å². The van der Waals surface area contributed by atoms with Crippen LogP contribution in [-0.2, 0) is 13.2 Å². The molecule has 116 valence electrons. The fourth-order valence-electron chi connectivity index (χ4n) is 2.91. The monoisotopic (exact) mass is 312 g/mol. The number of terminal acetylenes is 1. The fraction of sp³-hybridized carbons (Fsp3) is 0.0952. The highest BCUT2D eigenvalue weighted by Crippen LogP contribution is 2.22. The molecule has 0 unspecified atom stereocenters. The average molecular weight is 312 g/mol. The van der Waals surface area contributed by atoms with Crippen molar-refractivity contribution in [3.8, 4) is 18.1 Å². The highest BCUT2D eigenvalue weighted by Gasteiger charge is 2.10. The fourth-order valence-corrected chi connectivity index (χ4v) is 2.91. The van der Waals surface area contributed by atoms with Crippen LogP contribution in [0, 0.1) is 12.3 Å². The molecule has 0 aliphatic heterocycles. The molecule has 4 rings (SSSR count). The molecule has 4 aromatic rings. The van der Waals surface area contributed by atoms with E-state index < -0.39 is 0 Å². The first-order valence-electron chi connectivity index (χ1n) is 7.84. The number of rotatable bonds is 4. The normalized spacial score (nSPS) is 10.8. The second-order valence-corrected chi connectivity index (χ2v) is 5.60. The number of aromatic nitrogens is 2. The molecule has 0 N–H and O–H groups in total. The molecule has 0 saturated carbocycles. The third-order valence-electron chi connectivity index (χ3n) is 4.07. The standard InChI is InChI=1S/C21H16N2O/c1-2-13-23-20-10-6-5-9-19(20)22-21(23)15-24-18-12-11-16-7-3-4-8-17(16)14-18/h1,3-12,14H,13,15H2. The third kappa shape index (κ3) is 2.59. The van der Waals surface area contributed by atoms with Crippen molar-refractivity contribution in [1.82, 2.24) is 9.55 Å². The highest BCUT2D eigenvalue weighted by molar-refractivity contribution is 5.83. The number of fused-ring (bicyclic) bond motifs is 2. The van der Waals surface area contributed by atoms with Crippen LogP contribution in [0.25, 0.3) is 21.8 Å². The maximum atomic E-state index is 5.96.